The molecule has 0 radical (unpaired) electrons. The summed E-state index contributed by atoms with van der Waals surface area (Å²) in [4.78, 5) is 16.0. The lowest BCUT2D eigenvalue weighted by Crippen LogP contribution is -2.42. The van der Waals surface area contributed by atoms with Crippen LogP contribution in [0.15, 0.2) is 65.7 Å². The summed E-state index contributed by atoms with van der Waals surface area (Å²) in [5.41, 5.74) is 0.656. The van der Waals surface area contributed by atoms with E-state index >= 15 is 0 Å². The van der Waals surface area contributed by atoms with Gasteiger partial charge in [0.05, 0.1) is 6.54 Å². The van der Waals surface area contributed by atoms with Crippen LogP contribution < -0.4 is 20.7 Å². The first-order valence-corrected chi connectivity index (χ1v) is 8.25. The molecule has 0 aliphatic carbocycles. The number of aliphatic imine (C=N–C) groups is 1. The third kappa shape index (κ3) is 6.95. The second-order valence-corrected chi connectivity index (χ2v) is 5.21. The van der Waals surface area contributed by atoms with Gasteiger partial charge in [0.1, 0.15) is 12.4 Å². The van der Waals surface area contributed by atoms with E-state index in [9.17, 15) is 4.79 Å². The summed E-state index contributed by atoms with van der Waals surface area (Å²) in [5, 5.41) is 9.16. The van der Waals surface area contributed by atoms with E-state index in [0.717, 1.165) is 5.75 Å². The van der Waals surface area contributed by atoms with Crippen molar-refractivity contribution < 1.29 is 9.53 Å². The van der Waals surface area contributed by atoms with E-state index in [1.807, 2.05) is 48.5 Å². The van der Waals surface area contributed by atoms with E-state index in [4.69, 9.17) is 4.74 Å². The molecule has 2 aromatic carbocycles. The highest BCUT2D eigenvalue weighted by Gasteiger charge is 2.03. The monoisotopic (exact) mass is 340 g/mol. The Kier molecular flexibility index (Phi) is 7.84. The molecule has 132 valence electrons. The fraction of sp³-hybridized carbons (Fsp3) is 0.263. The zero-order valence-electron chi connectivity index (χ0n) is 14.4. The van der Waals surface area contributed by atoms with Crippen molar-refractivity contribution in [3.8, 4) is 5.75 Å². The zero-order valence-corrected chi connectivity index (χ0v) is 14.4. The van der Waals surface area contributed by atoms with Crippen LogP contribution in [0.2, 0.25) is 0 Å². The molecule has 0 unspecified atom stereocenters. The van der Waals surface area contributed by atoms with Gasteiger partial charge in [0.2, 0.25) is 0 Å². The number of guanidine groups is 1. The number of benzene rings is 2. The number of hydrogen-bond donors (Lipinski definition) is 3. The van der Waals surface area contributed by atoms with Gasteiger partial charge in [-0.3, -0.25) is 9.79 Å². The molecule has 0 atom stereocenters. The van der Waals surface area contributed by atoms with Crippen molar-refractivity contribution in [1.29, 1.82) is 0 Å². The summed E-state index contributed by atoms with van der Waals surface area (Å²) in [6.45, 7) is 2.26. The van der Waals surface area contributed by atoms with Gasteiger partial charge in [0, 0.05) is 25.7 Å². The average Bonchev–Trinajstić information content (AvgIpc) is 2.68. The van der Waals surface area contributed by atoms with Crippen LogP contribution >= 0.6 is 0 Å². The topological polar surface area (TPSA) is 74.8 Å². The first-order chi connectivity index (χ1) is 12.3. The summed E-state index contributed by atoms with van der Waals surface area (Å²) in [7, 11) is 1.70. The number of nitrogens with one attached hydrogen (secondary N) is 3. The van der Waals surface area contributed by atoms with Gasteiger partial charge in [0.15, 0.2) is 5.96 Å². The number of hydrogen-bond acceptors (Lipinski definition) is 3. The van der Waals surface area contributed by atoms with Gasteiger partial charge < -0.3 is 20.7 Å². The maximum absolute atomic E-state index is 11.9. The van der Waals surface area contributed by atoms with E-state index in [1.54, 1.807) is 19.2 Å². The molecule has 0 heterocycles. The van der Waals surface area contributed by atoms with Crippen molar-refractivity contribution in [1.82, 2.24) is 16.0 Å². The normalized spacial score (nSPS) is 10.8. The number of ether oxygens (including phenoxy) is 1. The molecule has 2 rings (SSSR count). The van der Waals surface area contributed by atoms with Crippen molar-refractivity contribution in [2.75, 3.05) is 33.3 Å². The fourth-order valence-corrected chi connectivity index (χ4v) is 2.12. The maximum Gasteiger partial charge on any atom is 0.251 e. The quantitative estimate of drug-likeness (QED) is 0.388. The van der Waals surface area contributed by atoms with Crippen LogP contribution in [0.1, 0.15) is 10.4 Å². The smallest absolute Gasteiger partial charge is 0.251 e. The lowest BCUT2D eigenvalue weighted by atomic mass is 10.2. The maximum atomic E-state index is 11.9. The minimum Gasteiger partial charge on any atom is -0.492 e. The Bertz CT molecular complexity index is 660. The molecular formula is C19H24N4O2. The largest absolute Gasteiger partial charge is 0.492 e. The van der Waals surface area contributed by atoms with Gasteiger partial charge in [-0.15, -0.1) is 0 Å². The van der Waals surface area contributed by atoms with Crippen molar-refractivity contribution >= 4 is 11.9 Å². The molecule has 0 bridgehead atoms. The molecule has 0 spiro atoms. The zero-order chi connectivity index (χ0) is 17.7. The second kappa shape index (κ2) is 10.7. The van der Waals surface area contributed by atoms with E-state index in [2.05, 4.69) is 20.9 Å². The molecule has 0 aliphatic heterocycles. The van der Waals surface area contributed by atoms with Gasteiger partial charge in [-0.1, -0.05) is 36.4 Å². The summed E-state index contributed by atoms with van der Waals surface area (Å²) in [6, 6.07) is 18.8. The van der Waals surface area contributed by atoms with Crippen molar-refractivity contribution in [2.24, 2.45) is 4.99 Å². The molecule has 2 aromatic rings. The van der Waals surface area contributed by atoms with E-state index < -0.39 is 0 Å². The average molecular weight is 340 g/mol. The summed E-state index contributed by atoms with van der Waals surface area (Å²) in [5.74, 6) is 1.43. The minimum absolute atomic E-state index is 0.0818. The van der Waals surface area contributed by atoms with Gasteiger partial charge in [-0.2, -0.15) is 0 Å². The first kappa shape index (κ1) is 18.3. The van der Waals surface area contributed by atoms with Crippen LogP contribution in [0.4, 0.5) is 0 Å². The SMILES string of the molecule is CN=C(NCCNC(=O)c1ccccc1)NCCOc1ccccc1. The third-order valence-corrected chi connectivity index (χ3v) is 3.37. The van der Waals surface area contributed by atoms with Crippen molar-refractivity contribution in [3.63, 3.8) is 0 Å². The molecule has 0 saturated carbocycles. The molecule has 0 saturated heterocycles. The molecule has 6 nitrogen and oxygen atoms in total. The number of carbonyl (C=O) groups is 1. The molecule has 25 heavy (non-hydrogen) atoms. The minimum atomic E-state index is -0.0818. The summed E-state index contributed by atoms with van der Waals surface area (Å²) >= 11 is 0. The Morgan fingerprint density at radius 2 is 1.48 bits per heavy atom. The highest BCUT2D eigenvalue weighted by atomic mass is 16.5. The van der Waals surface area contributed by atoms with E-state index in [0.29, 0.717) is 37.8 Å². The van der Waals surface area contributed by atoms with Gasteiger partial charge in [0.25, 0.3) is 5.91 Å². The van der Waals surface area contributed by atoms with Crippen LogP contribution in [-0.4, -0.2) is 45.2 Å². The molecule has 6 heteroatoms. The van der Waals surface area contributed by atoms with E-state index in [1.165, 1.54) is 0 Å². The number of para-hydroxylation sites is 1. The molecule has 0 aromatic heterocycles. The predicted octanol–water partition coefficient (Wildman–Crippen LogP) is 1.66. The van der Waals surface area contributed by atoms with Crippen LogP contribution in [-0.2, 0) is 0 Å². The third-order valence-electron chi connectivity index (χ3n) is 3.37. The highest BCUT2D eigenvalue weighted by Crippen LogP contribution is 2.07. The Hall–Kier alpha value is -3.02. The number of carbonyl (C=O) groups excluding carboxylic acids is 1. The van der Waals surface area contributed by atoms with Crippen LogP contribution in [0, 0.1) is 0 Å². The number of nitrogens with zero attached hydrogens (tertiary/aromatic N) is 1. The first-order valence-electron chi connectivity index (χ1n) is 8.25. The van der Waals surface area contributed by atoms with Crippen LogP contribution in [0.25, 0.3) is 0 Å². The Morgan fingerprint density at radius 3 is 2.16 bits per heavy atom. The molecule has 3 N–H and O–H groups in total. The number of rotatable bonds is 8. The second-order valence-electron chi connectivity index (χ2n) is 5.21. The molecule has 0 aliphatic rings. The van der Waals surface area contributed by atoms with Gasteiger partial charge in [-0.05, 0) is 24.3 Å². The number of amides is 1. The van der Waals surface area contributed by atoms with Crippen molar-refractivity contribution in [2.45, 2.75) is 0 Å². The fourth-order valence-electron chi connectivity index (χ4n) is 2.12. The van der Waals surface area contributed by atoms with Crippen molar-refractivity contribution in [3.05, 3.63) is 66.2 Å². The van der Waals surface area contributed by atoms with Crippen LogP contribution in [0.5, 0.6) is 5.75 Å². The lowest BCUT2D eigenvalue weighted by Gasteiger charge is -2.13. The van der Waals surface area contributed by atoms with Gasteiger partial charge in [-0.25, -0.2) is 0 Å². The Balaban J connectivity index is 1.58. The summed E-state index contributed by atoms with van der Waals surface area (Å²) in [6.07, 6.45) is 0. The highest BCUT2D eigenvalue weighted by molar-refractivity contribution is 5.94. The molecule has 0 fully saturated rings. The Morgan fingerprint density at radius 1 is 0.880 bits per heavy atom. The van der Waals surface area contributed by atoms with Gasteiger partial charge >= 0.3 is 0 Å². The predicted molar refractivity (Wildman–Crippen MR) is 100 cm³/mol. The summed E-state index contributed by atoms with van der Waals surface area (Å²) < 4.78 is 5.60. The molecule has 1 amide bonds. The standard InChI is InChI=1S/C19H24N4O2/c1-20-19(23-14-15-25-17-10-6-3-7-11-17)22-13-12-21-18(24)16-8-4-2-5-9-16/h2-11H,12-15H2,1H3,(H,21,24)(H2,20,22,23). The van der Waals surface area contributed by atoms with E-state index in [-0.39, 0.29) is 5.91 Å². The Labute approximate surface area is 148 Å². The van der Waals surface area contributed by atoms with Crippen LogP contribution in [0.3, 0.4) is 0 Å². The molecular weight excluding hydrogens is 316 g/mol. The lowest BCUT2D eigenvalue weighted by molar-refractivity contribution is 0.0954.